The van der Waals surface area contributed by atoms with Gasteiger partial charge in [0.15, 0.2) is 9.84 Å². The number of amides is 1. The van der Waals surface area contributed by atoms with Crippen molar-refractivity contribution in [2.24, 2.45) is 5.41 Å². The number of carbonyl (C=O) groups is 1. The zero-order valence-corrected chi connectivity index (χ0v) is 22.0. The molecule has 3 rings (SSSR count). The minimum absolute atomic E-state index is 0.0749. The zero-order chi connectivity index (χ0) is 25.5. The van der Waals surface area contributed by atoms with Gasteiger partial charge in [0.25, 0.3) is 0 Å². The third kappa shape index (κ3) is 4.76. The molecule has 2 aromatic rings. The van der Waals surface area contributed by atoms with E-state index in [1.54, 1.807) is 27.7 Å². The van der Waals surface area contributed by atoms with E-state index in [0.717, 1.165) is 11.0 Å². The normalized spacial score (nSPS) is 16.2. The molecule has 1 fully saturated rings. The van der Waals surface area contributed by atoms with Crippen LogP contribution in [0, 0.1) is 11.2 Å². The van der Waals surface area contributed by atoms with Gasteiger partial charge in [-0.05, 0) is 61.7 Å². The fraction of sp³-hybridized carbons (Fsp3) is 0.400. The average molecular weight is 528 g/mol. The number of halogens is 3. The molecule has 1 aliphatic rings. The molecule has 0 saturated carbocycles. The molecule has 0 radical (unpaired) electrons. The molecule has 0 bridgehead atoms. The van der Waals surface area contributed by atoms with Crippen LogP contribution in [-0.2, 0) is 24.1 Å². The van der Waals surface area contributed by atoms with E-state index in [1.165, 1.54) is 30.3 Å². The highest BCUT2D eigenvalue weighted by Crippen LogP contribution is 2.46. The van der Waals surface area contributed by atoms with E-state index < -0.39 is 25.8 Å². The van der Waals surface area contributed by atoms with Crippen molar-refractivity contribution >= 4 is 44.6 Å². The molecule has 1 amide bonds. The first-order chi connectivity index (χ1) is 15.7. The number of carbonyl (C=O) groups excluding carboxylic acids is 1. The largest absolute Gasteiger partial charge is 0.381 e. The molecule has 34 heavy (non-hydrogen) atoms. The minimum atomic E-state index is -3.98. The molecular formula is C25H28Cl2FNO4S. The lowest BCUT2D eigenvalue weighted by molar-refractivity contribution is -0.125. The van der Waals surface area contributed by atoms with Crippen LogP contribution < -0.4 is 4.90 Å². The second-order valence-electron chi connectivity index (χ2n) is 9.48. The Balaban J connectivity index is 2.21. The zero-order valence-electron chi connectivity index (χ0n) is 19.6. The van der Waals surface area contributed by atoms with E-state index in [2.05, 4.69) is 6.58 Å². The van der Waals surface area contributed by atoms with E-state index >= 15 is 4.39 Å². The summed E-state index contributed by atoms with van der Waals surface area (Å²) in [6, 6.07) is 8.47. The van der Waals surface area contributed by atoms with Gasteiger partial charge >= 0.3 is 0 Å². The Kier molecular flexibility index (Phi) is 7.54. The van der Waals surface area contributed by atoms with Gasteiger partial charge in [0, 0.05) is 29.3 Å². The van der Waals surface area contributed by atoms with Gasteiger partial charge in [-0.15, -0.1) is 0 Å². The molecule has 9 heteroatoms. The first-order valence-corrected chi connectivity index (χ1v) is 13.0. The molecule has 0 aromatic heterocycles. The van der Waals surface area contributed by atoms with Crippen molar-refractivity contribution in [1.29, 1.82) is 0 Å². The van der Waals surface area contributed by atoms with Crippen LogP contribution in [0.2, 0.25) is 10.0 Å². The van der Waals surface area contributed by atoms with E-state index in [4.69, 9.17) is 27.9 Å². The third-order valence-corrected chi connectivity index (χ3v) is 9.04. The number of hydrogen-bond acceptors (Lipinski definition) is 4. The lowest BCUT2D eigenvalue weighted by Gasteiger charge is -2.38. The van der Waals surface area contributed by atoms with Gasteiger partial charge < -0.3 is 4.74 Å². The highest BCUT2D eigenvalue weighted by Gasteiger charge is 2.48. The molecule has 1 aliphatic heterocycles. The van der Waals surface area contributed by atoms with E-state index in [9.17, 15) is 13.2 Å². The maximum atomic E-state index is 15.7. The fourth-order valence-electron chi connectivity index (χ4n) is 4.10. The monoisotopic (exact) mass is 527 g/mol. The number of hydrogen-bond donors (Lipinski definition) is 0. The number of benzene rings is 2. The maximum Gasteiger partial charge on any atom is 0.236 e. The Bertz CT molecular complexity index is 1190. The number of nitrogens with zero attached hydrogens (tertiary/aromatic N) is 1. The highest BCUT2D eigenvalue weighted by molar-refractivity contribution is 7.92. The predicted molar refractivity (Wildman–Crippen MR) is 134 cm³/mol. The van der Waals surface area contributed by atoms with Crippen molar-refractivity contribution in [1.82, 2.24) is 0 Å². The fourth-order valence-corrected chi connectivity index (χ4v) is 6.59. The van der Waals surface area contributed by atoms with Crippen molar-refractivity contribution in [3.63, 3.8) is 0 Å². The Labute approximate surface area is 210 Å². The van der Waals surface area contributed by atoms with Crippen LogP contribution in [0.3, 0.4) is 0 Å². The summed E-state index contributed by atoms with van der Waals surface area (Å²) >= 11 is 12.5. The van der Waals surface area contributed by atoms with Crippen molar-refractivity contribution in [3.05, 3.63) is 70.1 Å². The summed E-state index contributed by atoms with van der Waals surface area (Å²) in [5.41, 5.74) is -0.471. The van der Waals surface area contributed by atoms with E-state index in [0.29, 0.717) is 10.7 Å². The second kappa shape index (κ2) is 9.61. The van der Waals surface area contributed by atoms with Crippen LogP contribution in [-0.4, -0.2) is 27.5 Å². The van der Waals surface area contributed by atoms with Crippen molar-refractivity contribution in [2.75, 3.05) is 18.1 Å². The van der Waals surface area contributed by atoms with E-state index in [-0.39, 0.29) is 53.1 Å². The molecule has 1 saturated heterocycles. The summed E-state index contributed by atoms with van der Waals surface area (Å²) in [7, 11) is -3.98. The molecule has 0 atom stereocenters. The molecule has 0 N–H and O–H groups in total. The summed E-state index contributed by atoms with van der Waals surface area (Å²) in [6.45, 7) is 10.9. The molecule has 5 nitrogen and oxygen atoms in total. The SMILES string of the molecule is C=C(C)N(C(=O)C(C)(C)C)c1c(F)cc(C2(S(=O)(=O)c3ccc(Cl)cc3)CCOCC2)cc1Cl. The average Bonchev–Trinajstić information content (AvgIpc) is 2.75. The van der Waals surface area contributed by atoms with Crippen LogP contribution in [0.1, 0.15) is 46.1 Å². The van der Waals surface area contributed by atoms with Gasteiger partial charge in [-0.2, -0.15) is 0 Å². The number of sulfone groups is 1. The first kappa shape index (κ1) is 26.7. The summed E-state index contributed by atoms with van der Waals surface area (Å²) in [4.78, 5) is 14.3. The summed E-state index contributed by atoms with van der Waals surface area (Å²) in [5, 5.41) is 0.328. The summed E-state index contributed by atoms with van der Waals surface area (Å²) in [6.07, 6.45) is 0.246. The summed E-state index contributed by atoms with van der Waals surface area (Å²) < 4.78 is 47.4. The van der Waals surface area contributed by atoms with Gasteiger partial charge in [0.05, 0.1) is 9.92 Å². The van der Waals surface area contributed by atoms with Crippen LogP contribution in [0.4, 0.5) is 10.1 Å². The Morgan fingerprint density at radius 1 is 1.12 bits per heavy atom. The molecule has 184 valence electrons. The van der Waals surface area contributed by atoms with Crippen LogP contribution in [0.5, 0.6) is 0 Å². The highest BCUT2D eigenvalue weighted by atomic mass is 35.5. The smallest absolute Gasteiger partial charge is 0.236 e. The quantitative estimate of drug-likeness (QED) is 0.443. The molecule has 0 spiro atoms. The lowest BCUT2D eigenvalue weighted by atomic mass is 9.89. The number of allylic oxidation sites excluding steroid dienone is 1. The Hall–Kier alpha value is -1.93. The minimum Gasteiger partial charge on any atom is -0.381 e. The standard InChI is InChI=1S/C25H28Cl2FNO4S/c1-16(2)29(23(30)24(3,4)5)22-20(27)14-17(15-21(22)28)25(10-12-33-13-11-25)34(31,32)19-8-6-18(26)7-9-19/h6-9,14-15H,1,10-13H2,2-5H3. The molecule has 2 aromatic carbocycles. The third-order valence-electron chi connectivity index (χ3n) is 5.93. The molecule has 0 aliphatic carbocycles. The van der Waals surface area contributed by atoms with Gasteiger partial charge in [-0.25, -0.2) is 12.8 Å². The van der Waals surface area contributed by atoms with Crippen LogP contribution in [0.25, 0.3) is 0 Å². The Morgan fingerprint density at radius 3 is 2.15 bits per heavy atom. The number of ether oxygens (including phenoxy) is 1. The van der Waals surface area contributed by atoms with E-state index in [1.807, 2.05) is 0 Å². The Morgan fingerprint density at radius 2 is 1.68 bits per heavy atom. The summed E-state index contributed by atoms with van der Waals surface area (Å²) in [5.74, 6) is -1.19. The van der Waals surface area contributed by atoms with Gasteiger partial charge in [-0.3, -0.25) is 9.69 Å². The van der Waals surface area contributed by atoms with Gasteiger partial charge in [-0.1, -0.05) is 50.6 Å². The maximum absolute atomic E-state index is 15.7. The topological polar surface area (TPSA) is 63.7 Å². The molecular weight excluding hydrogens is 500 g/mol. The predicted octanol–water partition coefficient (Wildman–Crippen LogP) is 6.52. The molecule has 0 unspecified atom stereocenters. The van der Waals surface area contributed by atoms with Crippen LogP contribution in [0.15, 0.2) is 53.6 Å². The van der Waals surface area contributed by atoms with Crippen molar-refractivity contribution in [3.8, 4) is 0 Å². The number of anilines is 1. The second-order valence-corrected chi connectivity index (χ2v) is 12.6. The lowest BCUT2D eigenvalue weighted by Crippen LogP contribution is -2.42. The number of rotatable bonds is 5. The molecule has 1 heterocycles. The van der Waals surface area contributed by atoms with Crippen LogP contribution >= 0.6 is 23.2 Å². The van der Waals surface area contributed by atoms with Crippen molar-refractivity contribution in [2.45, 2.75) is 50.2 Å². The first-order valence-electron chi connectivity index (χ1n) is 10.8. The van der Waals surface area contributed by atoms with Crippen molar-refractivity contribution < 1.29 is 22.3 Å². The van der Waals surface area contributed by atoms with Gasteiger partial charge in [0.2, 0.25) is 5.91 Å². The van der Waals surface area contributed by atoms with Gasteiger partial charge in [0.1, 0.15) is 16.3 Å².